The predicted octanol–water partition coefficient (Wildman–Crippen LogP) is 4.75. The largest absolute Gasteiger partial charge is 0.0819 e. The molecule has 0 bridgehead atoms. The van der Waals surface area contributed by atoms with Gasteiger partial charge in [-0.05, 0) is 0 Å². The zero-order valence-corrected chi connectivity index (χ0v) is 12.3. The molecular formula is C6Cl5Zn. The number of hydrogen-bond donors (Lipinski definition) is 0. The first-order chi connectivity index (χ1) is 5.04. The molecular weight excluding hydrogens is 315 g/mol. The molecule has 0 atom stereocenters. The summed E-state index contributed by atoms with van der Waals surface area (Å²) in [5.74, 6) is 0. The minimum atomic E-state index is 0. The van der Waals surface area contributed by atoms with Gasteiger partial charge in [0.05, 0.1) is 25.1 Å². The van der Waals surface area contributed by atoms with Crippen LogP contribution in [-0.2, 0) is 19.5 Å². The van der Waals surface area contributed by atoms with Gasteiger partial charge in [0, 0.05) is 25.5 Å². The van der Waals surface area contributed by atoms with Crippen LogP contribution in [0.2, 0.25) is 25.1 Å². The van der Waals surface area contributed by atoms with E-state index in [0.717, 1.165) is 0 Å². The Morgan fingerprint density at radius 3 is 1.33 bits per heavy atom. The first-order valence-corrected chi connectivity index (χ1v) is 4.33. The first-order valence-electron chi connectivity index (χ1n) is 2.44. The van der Waals surface area contributed by atoms with Gasteiger partial charge in [-0.15, -0.1) is 0 Å². The standard InChI is InChI=1S/C6Cl5.Zn/c7-2-1-3(8)5(10)6(11)4(2)9;. The van der Waals surface area contributed by atoms with Crippen LogP contribution in [0.3, 0.4) is 0 Å². The van der Waals surface area contributed by atoms with E-state index in [1.54, 1.807) is 0 Å². The van der Waals surface area contributed by atoms with Gasteiger partial charge in [-0.25, -0.2) is 0 Å². The normalized spacial score (nSPS) is 9.42. The Morgan fingerprint density at radius 2 is 1.00 bits per heavy atom. The SMILES string of the molecule is Clc1[c]c(Cl)c(Cl)c(Cl)c1Cl.[Zn]. The van der Waals surface area contributed by atoms with E-state index in [4.69, 9.17) is 58.0 Å². The molecule has 6 heteroatoms. The van der Waals surface area contributed by atoms with Crippen LogP contribution in [0, 0.1) is 6.07 Å². The molecule has 0 fully saturated rings. The van der Waals surface area contributed by atoms with E-state index < -0.39 is 0 Å². The second-order valence-electron chi connectivity index (χ2n) is 1.69. The fourth-order valence-electron chi connectivity index (χ4n) is 0.495. The Balaban J connectivity index is 0.00000121. The van der Waals surface area contributed by atoms with E-state index in [1.165, 1.54) is 0 Å². The van der Waals surface area contributed by atoms with Crippen LogP contribution >= 0.6 is 58.0 Å². The minimum Gasteiger partial charge on any atom is -0.0819 e. The molecule has 1 radical (unpaired) electrons. The van der Waals surface area contributed by atoms with Gasteiger partial charge in [-0.1, -0.05) is 58.0 Å². The summed E-state index contributed by atoms with van der Waals surface area (Å²) in [7, 11) is 0. The molecule has 0 N–H and O–H groups in total. The van der Waals surface area contributed by atoms with Crippen molar-refractivity contribution in [2.75, 3.05) is 0 Å². The third-order valence-corrected chi connectivity index (χ3v) is 3.08. The quantitative estimate of drug-likeness (QED) is 0.368. The summed E-state index contributed by atoms with van der Waals surface area (Å²) in [6, 6.07) is 2.53. The summed E-state index contributed by atoms with van der Waals surface area (Å²) in [6.07, 6.45) is 0. The van der Waals surface area contributed by atoms with E-state index in [0.29, 0.717) is 0 Å². The Kier molecular flexibility index (Phi) is 5.81. The van der Waals surface area contributed by atoms with Gasteiger partial charge in [0.25, 0.3) is 0 Å². The van der Waals surface area contributed by atoms with Gasteiger partial charge >= 0.3 is 0 Å². The molecule has 0 saturated carbocycles. The molecule has 0 spiro atoms. The second kappa shape index (κ2) is 5.24. The summed E-state index contributed by atoms with van der Waals surface area (Å²) >= 11 is 28.0. The van der Waals surface area contributed by atoms with Crippen molar-refractivity contribution in [3.63, 3.8) is 0 Å². The fourth-order valence-corrected chi connectivity index (χ4v) is 1.54. The average molecular weight is 315 g/mol. The van der Waals surface area contributed by atoms with Crippen molar-refractivity contribution in [2.24, 2.45) is 0 Å². The maximum absolute atomic E-state index is 5.64. The maximum atomic E-state index is 5.64. The molecule has 0 aliphatic rings. The molecule has 0 heterocycles. The number of rotatable bonds is 0. The molecule has 0 aromatic heterocycles. The van der Waals surface area contributed by atoms with Crippen molar-refractivity contribution in [1.82, 2.24) is 0 Å². The average Bonchev–Trinajstić information content (AvgIpc) is 1.97. The molecule has 1 rings (SSSR count). The van der Waals surface area contributed by atoms with Gasteiger partial charge < -0.3 is 0 Å². The van der Waals surface area contributed by atoms with Crippen LogP contribution in [0.25, 0.3) is 0 Å². The molecule has 1 aromatic rings. The summed E-state index contributed by atoms with van der Waals surface area (Å²) in [5.41, 5.74) is 0. The van der Waals surface area contributed by atoms with E-state index in [-0.39, 0.29) is 44.6 Å². The van der Waals surface area contributed by atoms with Crippen LogP contribution in [-0.4, -0.2) is 0 Å². The molecule has 0 unspecified atom stereocenters. The van der Waals surface area contributed by atoms with E-state index in [9.17, 15) is 0 Å². The van der Waals surface area contributed by atoms with Gasteiger partial charge in [0.15, 0.2) is 0 Å². The minimum absolute atomic E-state index is 0. The van der Waals surface area contributed by atoms with Gasteiger partial charge in [0.2, 0.25) is 0 Å². The fraction of sp³-hybridized carbons (Fsp3) is 0. The van der Waals surface area contributed by atoms with Gasteiger partial charge in [0.1, 0.15) is 0 Å². The topological polar surface area (TPSA) is 0 Å². The first kappa shape index (κ1) is 13.3. The van der Waals surface area contributed by atoms with Crippen LogP contribution in [0.5, 0.6) is 0 Å². The van der Waals surface area contributed by atoms with Gasteiger partial charge in [-0.2, -0.15) is 0 Å². The van der Waals surface area contributed by atoms with Crippen LogP contribution in [0.4, 0.5) is 0 Å². The summed E-state index contributed by atoms with van der Waals surface area (Å²) in [4.78, 5) is 0. The second-order valence-corrected chi connectivity index (χ2v) is 3.58. The molecule has 61 valence electrons. The summed E-state index contributed by atoms with van der Waals surface area (Å²) in [5, 5.41) is 0.838. The number of benzene rings is 1. The third kappa shape index (κ3) is 2.64. The molecule has 1 aromatic carbocycles. The number of halogens is 5. The molecule has 0 nitrogen and oxygen atoms in total. The smallest absolute Gasteiger partial charge is 0.0809 e. The molecule has 0 amide bonds. The van der Waals surface area contributed by atoms with Crippen LogP contribution < -0.4 is 0 Å². The Hall–Kier alpha value is 1.29. The van der Waals surface area contributed by atoms with Crippen molar-refractivity contribution in [3.05, 3.63) is 31.2 Å². The molecule has 0 aliphatic heterocycles. The van der Waals surface area contributed by atoms with Crippen molar-refractivity contribution < 1.29 is 19.5 Å². The summed E-state index contributed by atoms with van der Waals surface area (Å²) < 4.78 is 0. The monoisotopic (exact) mass is 311 g/mol. The molecule has 12 heavy (non-hydrogen) atoms. The Morgan fingerprint density at radius 1 is 0.667 bits per heavy atom. The van der Waals surface area contributed by atoms with Crippen molar-refractivity contribution in [2.45, 2.75) is 0 Å². The van der Waals surface area contributed by atoms with E-state index >= 15 is 0 Å². The van der Waals surface area contributed by atoms with Crippen molar-refractivity contribution in [3.8, 4) is 0 Å². The van der Waals surface area contributed by atoms with Crippen molar-refractivity contribution >= 4 is 58.0 Å². The Bertz CT molecular complexity index is 272. The number of hydrogen-bond acceptors (Lipinski definition) is 0. The van der Waals surface area contributed by atoms with E-state index in [2.05, 4.69) is 6.07 Å². The Labute approximate surface area is 108 Å². The molecule has 0 saturated heterocycles. The third-order valence-electron chi connectivity index (χ3n) is 0.990. The zero-order valence-electron chi connectivity index (χ0n) is 5.60. The molecule has 0 aliphatic carbocycles. The van der Waals surface area contributed by atoms with Crippen LogP contribution in [0.15, 0.2) is 0 Å². The van der Waals surface area contributed by atoms with E-state index in [1.807, 2.05) is 0 Å². The van der Waals surface area contributed by atoms with Crippen LogP contribution in [0.1, 0.15) is 0 Å². The maximum Gasteiger partial charge on any atom is 0.0809 e. The van der Waals surface area contributed by atoms with Crippen molar-refractivity contribution in [1.29, 1.82) is 0 Å². The summed E-state index contributed by atoms with van der Waals surface area (Å²) in [6.45, 7) is 0. The van der Waals surface area contributed by atoms with Gasteiger partial charge in [-0.3, -0.25) is 0 Å². The zero-order chi connectivity index (χ0) is 8.59. The predicted molar refractivity (Wildman–Crippen MR) is 50.3 cm³/mol.